The van der Waals surface area contributed by atoms with Crippen LogP contribution in [0.5, 0.6) is 0 Å². The maximum Gasteiger partial charge on any atom is 0.239 e. The SMILES string of the molecule is O=C(CNc1ccccc1)NCc1cc[nH]c1. The number of hydrogen-bond donors (Lipinski definition) is 3. The van der Waals surface area contributed by atoms with Crippen molar-refractivity contribution >= 4 is 11.6 Å². The minimum atomic E-state index is -0.0185. The van der Waals surface area contributed by atoms with Gasteiger partial charge >= 0.3 is 0 Å². The Morgan fingerprint density at radius 3 is 2.71 bits per heavy atom. The molecule has 2 rings (SSSR count). The summed E-state index contributed by atoms with van der Waals surface area (Å²) in [5, 5.41) is 5.89. The predicted molar refractivity (Wildman–Crippen MR) is 67.6 cm³/mol. The van der Waals surface area contributed by atoms with Crippen LogP contribution in [0.25, 0.3) is 0 Å². The van der Waals surface area contributed by atoms with Gasteiger partial charge in [0.05, 0.1) is 6.54 Å². The zero-order chi connectivity index (χ0) is 11.9. The van der Waals surface area contributed by atoms with Crippen molar-refractivity contribution in [1.29, 1.82) is 0 Å². The summed E-state index contributed by atoms with van der Waals surface area (Å²) in [6.07, 6.45) is 3.70. The van der Waals surface area contributed by atoms with Crippen LogP contribution in [0, 0.1) is 0 Å². The molecular formula is C13H15N3O. The Bertz CT molecular complexity index is 451. The minimum absolute atomic E-state index is 0.0185. The van der Waals surface area contributed by atoms with Gasteiger partial charge < -0.3 is 15.6 Å². The lowest BCUT2D eigenvalue weighted by Gasteiger charge is -2.06. The molecule has 4 heteroatoms. The van der Waals surface area contributed by atoms with Gasteiger partial charge in [0, 0.05) is 24.6 Å². The Kier molecular flexibility index (Phi) is 3.81. The highest BCUT2D eigenvalue weighted by Gasteiger charge is 2.00. The molecule has 0 unspecified atom stereocenters. The second kappa shape index (κ2) is 5.75. The van der Waals surface area contributed by atoms with Gasteiger partial charge in [-0.25, -0.2) is 0 Å². The van der Waals surface area contributed by atoms with E-state index >= 15 is 0 Å². The lowest BCUT2D eigenvalue weighted by atomic mass is 10.3. The number of carbonyl (C=O) groups excluding carboxylic acids is 1. The van der Waals surface area contributed by atoms with Crippen LogP contribution in [-0.4, -0.2) is 17.4 Å². The summed E-state index contributed by atoms with van der Waals surface area (Å²) in [6, 6.07) is 11.6. The molecule has 2 aromatic rings. The van der Waals surface area contributed by atoms with Gasteiger partial charge in [-0.15, -0.1) is 0 Å². The molecule has 1 amide bonds. The molecule has 1 aromatic carbocycles. The number of hydrogen-bond acceptors (Lipinski definition) is 2. The van der Waals surface area contributed by atoms with Gasteiger partial charge in [0.25, 0.3) is 0 Å². The third-order valence-corrected chi connectivity index (χ3v) is 2.38. The van der Waals surface area contributed by atoms with Gasteiger partial charge in [0.15, 0.2) is 0 Å². The van der Waals surface area contributed by atoms with Crippen LogP contribution < -0.4 is 10.6 Å². The average molecular weight is 229 g/mol. The summed E-state index contributed by atoms with van der Waals surface area (Å²) in [5.41, 5.74) is 2.02. The number of benzene rings is 1. The second-order valence-electron chi connectivity index (χ2n) is 3.72. The van der Waals surface area contributed by atoms with Crippen LogP contribution in [0.3, 0.4) is 0 Å². The number of anilines is 1. The van der Waals surface area contributed by atoms with E-state index in [4.69, 9.17) is 0 Å². The quantitative estimate of drug-likeness (QED) is 0.731. The molecule has 17 heavy (non-hydrogen) atoms. The standard InChI is InChI=1S/C13H15N3O/c17-13(16-9-11-6-7-14-8-11)10-15-12-4-2-1-3-5-12/h1-8,14-15H,9-10H2,(H,16,17). The van der Waals surface area contributed by atoms with Gasteiger partial charge in [-0.2, -0.15) is 0 Å². The van der Waals surface area contributed by atoms with Gasteiger partial charge in [-0.05, 0) is 23.8 Å². The minimum Gasteiger partial charge on any atom is -0.376 e. The fourth-order valence-electron chi connectivity index (χ4n) is 1.47. The topological polar surface area (TPSA) is 56.9 Å². The molecule has 0 radical (unpaired) electrons. The fourth-order valence-corrected chi connectivity index (χ4v) is 1.47. The van der Waals surface area contributed by atoms with E-state index in [0.717, 1.165) is 11.3 Å². The van der Waals surface area contributed by atoms with Gasteiger partial charge in [-0.1, -0.05) is 18.2 Å². The molecular weight excluding hydrogens is 214 g/mol. The largest absolute Gasteiger partial charge is 0.376 e. The molecule has 1 heterocycles. The predicted octanol–water partition coefficient (Wildman–Crippen LogP) is 1.74. The highest BCUT2D eigenvalue weighted by molar-refractivity contribution is 5.80. The number of amides is 1. The fraction of sp³-hybridized carbons (Fsp3) is 0.154. The molecule has 3 N–H and O–H groups in total. The van der Waals surface area contributed by atoms with E-state index in [-0.39, 0.29) is 12.5 Å². The zero-order valence-corrected chi connectivity index (χ0v) is 9.44. The summed E-state index contributed by atoms with van der Waals surface area (Å²) in [7, 11) is 0. The lowest BCUT2D eigenvalue weighted by Crippen LogP contribution is -2.29. The highest BCUT2D eigenvalue weighted by atomic mass is 16.1. The normalized spacial score (nSPS) is 9.88. The molecule has 0 aliphatic carbocycles. The van der Waals surface area contributed by atoms with Crippen molar-refractivity contribution < 1.29 is 4.79 Å². The number of H-pyrrole nitrogens is 1. The third kappa shape index (κ3) is 3.68. The smallest absolute Gasteiger partial charge is 0.239 e. The average Bonchev–Trinajstić information content (AvgIpc) is 2.88. The molecule has 0 saturated heterocycles. The summed E-state index contributed by atoms with van der Waals surface area (Å²) >= 11 is 0. The number of para-hydroxylation sites is 1. The van der Waals surface area contributed by atoms with E-state index in [9.17, 15) is 4.79 Å². The zero-order valence-electron chi connectivity index (χ0n) is 9.44. The summed E-state index contributed by atoms with van der Waals surface area (Å²) in [6.45, 7) is 0.841. The van der Waals surface area contributed by atoms with Crippen molar-refractivity contribution in [1.82, 2.24) is 10.3 Å². The van der Waals surface area contributed by atoms with Crippen molar-refractivity contribution in [2.75, 3.05) is 11.9 Å². The second-order valence-corrected chi connectivity index (χ2v) is 3.72. The number of carbonyl (C=O) groups is 1. The lowest BCUT2D eigenvalue weighted by molar-refractivity contribution is -0.119. The molecule has 0 aliphatic rings. The Morgan fingerprint density at radius 1 is 1.18 bits per heavy atom. The molecule has 1 aromatic heterocycles. The molecule has 0 aliphatic heterocycles. The molecule has 0 saturated carbocycles. The van der Waals surface area contributed by atoms with Crippen molar-refractivity contribution in [2.45, 2.75) is 6.54 Å². The Labute approximate surface area is 100 Å². The van der Waals surface area contributed by atoms with Crippen LogP contribution in [0.15, 0.2) is 48.8 Å². The molecule has 0 atom stereocenters. The number of nitrogens with one attached hydrogen (secondary N) is 3. The first kappa shape index (κ1) is 11.3. The van der Waals surface area contributed by atoms with E-state index in [2.05, 4.69) is 15.6 Å². The van der Waals surface area contributed by atoms with E-state index in [1.807, 2.05) is 48.8 Å². The molecule has 0 spiro atoms. The van der Waals surface area contributed by atoms with E-state index in [0.29, 0.717) is 6.54 Å². The number of rotatable bonds is 5. The van der Waals surface area contributed by atoms with Crippen molar-refractivity contribution in [3.8, 4) is 0 Å². The first-order chi connectivity index (χ1) is 8.34. The summed E-state index contributed by atoms with van der Waals surface area (Å²) in [4.78, 5) is 14.5. The van der Waals surface area contributed by atoms with E-state index in [1.54, 1.807) is 0 Å². The third-order valence-electron chi connectivity index (χ3n) is 2.38. The van der Waals surface area contributed by atoms with Crippen molar-refractivity contribution in [2.24, 2.45) is 0 Å². The monoisotopic (exact) mass is 229 g/mol. The van der Waals surface area contributed by atoms with Crippen molar-refractivity contribution in [3.05, 3.63) is 54.4 Å². The van der Waals surface area contributed by atoms with Crippen molar-refractivity contribution in [3.63, 3.8) is 0 Å². The number of aromatic nitrogens is 1. The molecule has 88 valence electrons. The van der Waals surface area contributed by atoms with Crippen LogP contribution in [0.2, 0.25) is 0 Å². The molecule has 0 bridgehead atoms. The van der Waals surface area contributed by atoms with Gasteiger partial charge in [0.1, 0.15) is 0 Å². The molecule has 0 fully saturated rings. The molecule has 4 nitrogen and oxygen atoms in total. The Morgan fingerprint density at radius 2 is 2.00 bits per heavy atom. The van der Waals surface area contributed by atoms with Crippen LogP contribution in [-0.2, 0) is 11.3 Å². The Hall–Kier alpha value is -2.23. The summed E-state index contributed by atoms with van der Waals surface area (Å²) < 4.78 is 0. The van der Waals surface area contributed by atoms with Gasteiger partial charge in [0.2, 0.25) is 5.91 Å². The van der Waals surface area contributed by atoms with Crippen LogP contribution >= 0.6 is 0 Å². The highest BCUT2D eigenvalue weighted by Crippen LogP contribution is 2.03. The summed E-state index contributed by atoms with van der Waals surface area (Å²) in [5.74, 6) is -0.0185. The van der Waals surface area contributed by atoms with E-state index < -0.39 is 0 Å². The number of aromatic amines is 1. The Balaban J connectivity index is 1.71. The van der Waals surface area contributed by atoms with Crippen LogP contribution in [0.1, 0.15) is 5.56 Å². The van der Waals surface area contributed by atoms with Gasteiger partial charge in [-0.3, -0.25) is 4.79 Å². The first-order valence-electron chi connectivity index (χ1n) is 5.52. The maximum atomic E-state index is 11.5. The first-order valence-corrected chi connectivity index (χ1v) is 5.52. The van der Waals surface area contributed by atoms with E-state index in [1.165, 1.54) is 0 Å². The van der Waals surface area contributed by atoms with Crippen LogP contribution in [0.4, 0.5) is 5.69 Å². The maximum absolute atomic E-state index is 11.5.